The number of likely N-dealkylation sites (tertiary alicyclic amines) is 1. The van der Waals surface area contributed by atoms with Gasteiger partial charge in [-0.05, 0) is 47.7 Å². The van der Waals surface area contributed by atoms with Crippen molar-refractivity contribution in [3.8, 4) is 0 Å². The fourth-order valence-corrected chi connectivity index (χ4v) is 5.83. The first kappa shape index (κ1) is 20.1. The lowest BCUT2D eigenvalue weighted by atomic mass is 9.93. The Labute approximate surface area is 187 Å². The number of thioether (sulfide) groups is 1. The van der Waals surface area contributed by atoms with Crippen molar-refractivity contribution in [2.24, 2.45) is 5.92 Å². The molecule has 2 aliphatic rings. The van der Waals surface area contributed by atoms with Crippen molar-refractivity contribution >= 4 is 34.3 Å². The molecule has 31 heavy (non-hydrogen) atoms. The molecule has 0 aliphatic carbocycles. The third kappa shape index (κ3) is 4.07. The molecule has 0 bridgehead atoms. The Morgan fingerprint density at radius 2 is 1.61 bits per heavy atom. The summed E-state index contributed by atoms with van der Waals surface area (Å²) >= 11 is 1.86. The molecule has 1 saturated heterocycles. The Bertz CT molecular complexity index is 1120. The lowest BCUT2D eigenvalue weighted by Gasteiger charge is -2.33. The van der Waals surface area contributed by atoms with E-state index in [-0.39, 0.29) is 23.8 Å². The molecule has 3 aromatic rings. The smallest absolute Gasteiger partial charge is 0.254 e. The van der Waals surface area contributed by atoms with Gasteiger partial charge in [0, 0.05) is 35.2 Å². The number of hydrogen-bond donors (Lipinski definition) is 1. The summed E-state index contributed by atoms with van der Waals surface area (Å²) in [7, 11) is 0. The summed E-state index contributed by atoms with van der Waals surface area (Å²) in [4.78, 5) is 29.3. The molecular formula is C26H26N2O2S. The first-order chi connectivity index (χ1) is 15.2. The summed E-state index contributed by atoms with van der Waals surface area (Å²) < 4.78 is 0. The van der Waals surface area contributed by atoms with Gasteiger partial charge in [0.2, 0.25) is 5.91 Å². The van der Waals surface area contributed by atoms with Crippen molar-refractivity contribution in [2.45, 2.75) is 30.2 Å². The summed E-state index contributed by atoms with van der Waals surface area (Å²) in [6, 6.07) is 22.3. The van der Waals surface area contributed by atoms with E-state index in [0.717, 1.165) is 28.5 Å². The van der Waals surface area contributed by atoms with E-state index in [1.807, 2.05) is 65.2 Å². The number of carbonyl (C=O) groups is 2. The molecular weight excluding hydrogens is 404 g/mol. The Morgan fingerprint density at radius 3 is 2.48 bits per heavy atom. The van der Waals surface area contributed by atoms with E-state index in [4.69, 9.17) is 0 Å². The van der Waals surface area contributed by atoms with Crippen molar-refractivity contribution in [1.29, 1.82) is 0 Å². The molecule has 5 heteroatoms. The van der Waals surface area contributed by atoms with Gasteiger partial charge in [0.05, 0.1) is 6.04 Å². The maximum absolute atomic E-state index is 13.2. The number of carbonyl (C=O) groups excluding carboxylic acids is 2. The van der Waals surface area contributed by atoms with Gasteiger partial charge in [-0.15, -0.1) is 11.8 Å². The normalized spacial score (nSPS) is 19.1. The van der Waals surface area contributed by atoms with Crippen LogP contribution in [0, 0.1) is 5.92 Å². The van der Waals surface area contributed by atoms with Gasteiger partial charge in [-0.2, -0.15) is 0 Å². The molecule has 4 nitrogen and oxygen atoms in total. The van der Waals surface area contributed by atoms with Gasteiger partial charge in [-0.1, -0.05) is 54.6 Å². The Hall–Kier alpha value is -2.79. The summed E-state index contributed by atoms with van der Waals surface area (Å²) in [5.74, 6) is 1.19. The zero-order chi connectivity index (χ0) is 21.2. The molecule has 2 amide bonds. The first-order valence-corrected chi connectivity index (χ1v) is 12.0. The average Bonchev–Trinajstić information content (AvgIpc) is 2.83. The monoisotopic (exact) mass is 430 g/mol. The minimum absolute atomic E-state index is 0.0293. The van der Waals surface area contributed by atoms with Crippen molar-refractivity contribution in [3.63, 3.8) is 0 Å². The molecule has 2 heterocycles. The highest BCUT2D eigenvalue weighted by atomic mass is 32.2. The van der Waals surface area contributed by atoms with E-state index >= 15 is 0 Å². The summed E-state index contributed by atoms with van der Waals surface area (Å²) in [6.45, 7) is 1.24. The van der Waals surface area contributed by atoms with E-state index in [0.29, 0.717) is 25.9 Å². The number of fused-ring (bicyclic) bond motifs is 2. The SMILES string of the molecule is O=C(N[C@H]1CCSc2ccccc21)C1CCN(C(=O)c2cccc3ccccc23)CC1. The molecule has 1 atom stereocenters. The molecule has 3 aromatic carbocycles. The molecule has 1 fully saturated rings. The second-order valence-electron chi connectivity index (χ2n) is 8.33. The van der Waals surface area contributed by atoms with Gasteiger partial charge in [-0.25, -0.2) is 0 Å². The maximum atomic E-state index is 13.2. The second-order valence-corrected chi connectivity index (χ2v) is 9.47. The molecule has 5 rings (SSSR count). The molecule has 0 radical (unpaired) electrons. The molecule has 0 spiro atoms. The standard InChI is InChI=1S/C26H26N2O2S/c29-25(27-23-14-17-31-24-11-4-3-9-22(23)24)19-12-15-28(16-13-19)26(30)21-10-5-7-18-6-1-2-8-20(18)21/h1-11,19,23H,12-17H2,(H,27,29)/t23-/m0/s1. The van der Waals surface area contributed by atoms with Crippen LogP contribution in [0.15, 0.2) is 71.6 Å². The van der Waals surface area contributed by atoms with Gasteiger partial charge in [0.15, 0.2) is 0 Å². The highest BCUT2D eigenvalue weighted by Crippen LogP contribution is 2.36. The van der Waals surface area contributed by atoms with Crippen LogP contribution in [-0.2, 0) is 4.79 Å². The van der Waals surface area contributed by atoms with E-state index in [1.54, 1.807) is 0 Å². The fourth-order valence-electron chi connectivity index (χ4n) is 4.71. The van der Waals surface area contributed by atoms with Crippen LogP contribution in [0.25, 0.3) is 10.8 Å². The van der Waals surface area contributed by atoms with Crippen LogP contribution in [0.3, 0.4) is 0 Å². The van der Waals surface area contributed by atoms with Crippen LogP contribution in [-0.4, -0.2) is 35.6 Å². The van der Waals surface area contributed by atoms with E-state index in [9.17, 15) is 9.59 Å². The quantitative estimate of drug-likeness (QED) is 0.633. The third-order valence-corrected chi connectivity index (χ3v) is 7.57. The van der Waals surface area contributed by atoms with Crippen LogP contribution >= 0.6 is 11.8 Å². The van der Waals surface area contributed by atoms with Crippen LogP contribution in [0.5, 0.6) is 0 Å². The third-order valence-electron chi connectivity index (χ3n) is 6.45. The van der Waals surface area contributed by atoms with Crippen molar-refractivity contribution in [1.82, 2.24) is 10.2 Å². The minimum atomic E-state index is -0.0293. The van der Waals surface area contributed by atoms with Crippen molar-refractivity contribution in [2.75, 3.05) is 18.8 Å². The number of nitrogens with zero attached hydrogens (tertiary/aromatic N) is 1. The van der Waals surface area contributed by atoms with E-state index < -0.39 is 0 Å². The lowest BCUT2D eigenvalue weighted by Crippen LogP contribution is -2.44. The highest BCUT2D eigenvalue weighted by molar-refractivity contribution is 7.99. The lowest BCUT2D eigenvalue weighted by molar-refractivity contribution is -0.127. The predicted octanol–water partition coefficient (Wildman–Crippen LogP) is 5.05. The minimum Gasteiger partial charge on any atom is -0.349 e. The van der Waals surface area contributed by atoms with Gasteiger partial charge < -0.3 is 10.2 Å². The van der Waals surface area contributed by atoms with Crippen molar-refractivity contribution in [3.05, 3.63) is 77.9 Å². The first-order valence-electron chi connectivity index (χ1n) is 11.0. The maximum Gasteiger partial charge on any atom is 0.254 e. The number of nitrogens with one attached hydrogen (secondary N) is 1. The zero-order valence-electron chi connectivity index (χ0n) is 17.4. The number of amides is 2. The Balaban J connectivity index is 1.22. The highest BCUT2D eigenvalue weighted by Gasteiger charge is 2.30. The van der Waals surface area contributed by atoms with Crippen molar-refractivity contribution < 1.29 is 9.59 Å². The number of hydrogen-bond acceptors (Lipinski definition) is 3. The molecule has 1 N–H and O–H groups in total. The zero-order valence-corrected chi connectivity index (χ0v) is 18.2. The van der Waals surface area contributed by atoms with Gasteiger partial charge in [0.25, 0.3) is 5.91 Å². The average molecular weight is 431 g/mol. The van der Waals surface area contributed by atoms with Crippen LogP contribution in [0.2, 0.25) is 0 Å². The summed E-state index contributed by atoms with van der Waals surface area (Å²) in [5.41, 5.74) is 1.98. The van der Waals surface area contributed by atoms with Gasteiger partial charge >= 0.3 is 0 Å². The largest absolute Gasteiger partial charge is 0.349 e. The predicted molar refractivity (Wildman–Crippen MR) is 125 cm³/mol. The van der Waals surface area contributed by atoms with Gasteiger partial charge in [0.1, 0.15) is 0 Å². The number of piperidine rings is 1. The molecule has 0 unspecified atom stereocenters. The topological polar surface area (TPSA) is 49.4 Å². The molecule has 0 saturated carbocycles. The van der Waals surface area contributed by atoms with Crippen LogP contribution < -0.4 is 5.32 Å². The van der Waals surface area contributed by atoms with Crippen LogP contribution in [0.1, 0.15) is 41.2 Å². The summed E-state index contributed by atoms with van der Waals surface area (Å²) in [6.07, 6.45) is 2.39. The van der Waals surface area contributed by atoms with Crippen LogP contribution in [0.4, 0.5) is 0 Å². The molecule has 0 aromatic heterocycles. The fraction of sp³-hybridized carbons (Fsp3) is 0.308. The molecule has 2 aliphatic heterocycles. The Morgan fingerprint density at radius 1 is 0.871 bits per heavy atom. The van der Waals surface area contributed by atoms with E-state index in [1.165, 1.54) is 10.5 Å². The number of benzene rings is 3. The van der Waals surface area contributed by atoms with Gasteiger partial charge in [-0.3, -0.25) is 9.59 Å². The Kier molecular flexibility index (Phi) is 5.68. The van der Waals surface area contributed by atoms with E-state index in [2.05, 4.69) is 23.5 Å². The summed E-state index contributed by atoms with van der Waals surface area (Å²) in [5, 5.41) is 5.36. The second kappa shape index (κ2) is 8.75. The number of rotatable bonds is 3. The molecule has 158 valence electrons.